The molecule has 0 spiro atoms. The van der Waals surface area contributed by atoms with E-state index >= 15 is 0 Å². The standard InChI is InChI=1S/C12H18FNO/c1-9-4-5-11(13)8-12(9)15-7-6-10(2)14-3/h4-5,8,10,14H,6-7H2,1-3H3. The zero-order valence-corrected chi connectivity index (χ0v) is 9.51. The third-order valence-corrected chi connectivity index (χ3v) is 2.45. The first-order valence-electron chi connectivity index (χ1n) is 5.19. The van der Waals surface area contributed by atoms with E-state index in [1.165, 1.54) is 12.1 Å². The number of ether oxygens (including phenoxy) is 1. The van der Waals surface area contributed by atoms with E-state index in [2.05, 4.69) is 12.2 Å². The van der Waals surface area contributed by atoms with Crippen molar-refractivity contribution in [2.75, 3.05) is 13.7 Å². The van der Waals surface area contributed by atoms with Crippen LogP contribution in [0.2, 0.25) is 0 Å². The molecule has 0 saturated carbocycles. The van der Waals surface area contributed by atoms with Crippen LogP contribution in [-0.2, 0) is 0 Å². The van der Waals surface area contributed by atoms with Crippen LogP contribution >= 0.6 is 0 Å². The number of nitrogens with one attached hydrogen (secondary N) is 1. The zero-order valence-electron chi connectivity index (χ0n) is 9.51. The van der Waals surface area contributed by atoms with Gasteiger partial charge < -0.3 is 10.1 Å². The van der Waals surface area contributed by atoms with Gasteiger partial charge in [-0.3, -0.25) is 0 Å². The molecule has 0 heterocycles. The van der Waals surface area contributed by atoms with E-state index in [4.69, 9.17) is 4.74 Å². The van der Waals surface area contributed by atoms with Crippen molar-refractivity contribution in [1.29, 1.82) is 0 Å². The SMILES string of the molecule is CNC(C)CCOc1cc(F)ccc1C. The normalized spacial score (nSPS) is 12.5. The molecule has 3 heteroatoms. The average Bonchev–Trinajstić information content (AvgIpc) is 2.23. The number of hydrogen-bond donors (Lipinski definition) is 1. The molecule has 1 aromatic carbocycles. The predicted octanol–water partition coefficient (Wildman–Crippen LogP) is 2.51. The number of aryl methyl sites for hydroxylation is 1. The molecule has 0 aliphatic carbocycles. The zero-order chi connectivity index (χ0) is 11.3. The van der Waals surface area contributed by atoms with Gasteiger partial charge in [-0.2, -0.15) is 0 Å². The van der Waals surface area contributed by atoms with Crippen LogP contribution in [0.25, 0.3) is 0 Å². The summed E-state index contributed by atoms with van der Waals surface area (Å²) in [5.41, 5.74) is 0.966. The highest BCUT2D eigenvalue weighted by atomic mass is 19.1. The lowest BCUT2D eigenvalue weighted by molar-refractivity contribution is 0.290. The topological polar surface area (TPSA) is 21.3 Å². The molecule has 0 amide bonds. The molecular formula is C12H18FNO. The van der Waals surface area contributed by atoms with Crippen molar-refractivity contribution in [3.63, 3.8) is 0 Å². The lowest BCUT2D eigenvalue weighted by atomic mass is 10.2. The molecule has 0 aliphatic rings. The summed E-state index contributed by atoms with van der Waals surface area (Å²) in [7, 11) is 1.91. The van der Waals surface area contributed by atoms with Crippen molar-refractivity contribution < 1.29 is 9.13 Å². The fraction of sp³-hybridized carbons (Fsp3) is 0.500. The van der Waals surface area contributed by atoms with Crippen LogP contribution in [-0.4, -0.2) is 19.7 Å². The molecule has 0 bridgehead atoms. The maximum Gasteiger partial charge on any atom is 0.126 e. The van der Waals surface area contributed by atoms with Crippen LogP contribution in [0.1, 0.15) is 18.9 Å². The predicted molar refractivity (Wildman–Crippen MR) is 59.8 cm³/mol. The highest BCUT2D eigenvalue weighted by Crippen LogP contribution is 2.18. The van der Waals surface area contributed by atoms with Gasteiger partial charge in [0.15, 0.2) is 0 Å². The Bertz CT molecular complexity index is 314. The lowest BCUT2D eigenvalue weighted by Crippen LogP contribution is -2.23. The summed E-state index contributed by atoms with van der Waals surface area (Å²) in [6, 6.07) is 5.02. The van der Waals surface area contributed by atoms with Gasteiger partial charge in [0.2, 0.25) is 0 Å². The molecule has 1 N–H and O–H groups in total. The Morgan fingerprint density at radius 1 is 1.47 bits per heavy atom. The van der Waals surface area contributed by atoms with Gasteiger partial charge >= 0.3 is 0 Å². The van der Waals surface area contributed by atoms with Gasteiger partial charge in [0.25, 0.3) is 0 Å². The molecule has 0 fully saturated rings. The second-order valence-corrected chi connectivity index (χ2v) is 3.74. The van der Waals surface area contributed by atoms with E-state index < -0.39 is 0 Å². The summed E-state index contributed by atoms with van der Waals surface area (Å²) in [6.07, 6.45) is 0.909. The second kappa shape index (κ2) is 5.71. The molecule has 15 heavy (non-hydrogen) atoms. The first-order valence-corrected chi connectivity index (χ1v) is 5.19. The monoisotopic (exact) mass is 211 g/mol. The number of rotatable bonds is 5. The molecule has 1 atom stereocenters. The summed E-state index contributed by atoms with van der Waals surface area (Å²) in [4.78, 5) is 0. The Morgan fingerprint density at radius 2 is 2.20 bits per heavy atom. The van der Waals surface area contributed by atoms with Gasteiger partial charge in [-0.15, -0.1) is 0 Å². The van der Waals surface area contributed by atoms with Crippen molar-refractivity contribution in [3.05, 3.63) is 29.6 Å². The number of hydrogen-bond acceptors (Lipinski definition) is 2. The first kappa shape index (κ1) is 12.0. The second-order valence-electron chi connectivity index (χ2n) is 3.74. The number of halogens is 1. The van der Waals surface area contributed by atoms with Crippen molar-refractivity contribution in [3.8, 4) is 5.75 Å². The quantitative estimate of drug-likeness (QED) is 0.808. The van der Waals surface area contributed by atoms with Gasteiger partial charge in [0.1, 0.15) is 11.6 Å². The molecule has 0 aromatic heterocycles. The van der Waals surface area contributed by atoms with Crippen LogP contribution in [0.4, 0.5) is 4.39 Å². The molecule has 0 radical (unpaired) electrons. The lowest BCUT2D eigenvalue weighted by Gasteiger charge is -2.12. The van der Waals surface area contributed by atoms with E-state index in [1.807, 2.05) is 14.0 Å². The van der Waals surface area contributed by atoms with Crippen LogP contribution in [0.3, 0.4) is 0 Å². The summed E-state index contributed by atoms with van der Waals surface area (Å²) >= 11 is 0. The number of benzene rings is 1. The molecule has 2 nitrogen and oxygen atoms in total. The molecular weight excluding hydrogens is 193 g/mol. The van der Waals surface area contributed by atoms with E-state index in [0.717, 1.165) is 12.0 Å². The minimum Gasteiger partial charge on any atom is -0.493 e. The summed E-state index contributed by atoms with van der Waals surface area (Å²) in [6.45, 7) is 4.60. The summed E-state index contributed by atoms with van der Waals surface area (Å²) < 4.78 is 18.4. The van der Waals surface area contributed by atoms with Crippen LogP contribution in [0, 0.1) is 12.7 Å². The highest BCUT2D eigenvalue weighted by molar-refractivity contribution is 5.32. The third-order valence-electron chi connectivity index (χ3n) is 2.45. The largest absolute Gasteiger partial charge is 0.493 e. The van der Waals surface area contributed by atoms with Crippen LogP contribution in [0.5, 0.6) is 5.75 Å². The van der Waals surface area contributed by atoms with E-state index in [0.29, 0.717) is 18.4 Å². The van der Waals surface area contributed by atoms with E-state index in [9.17, 15) is 4.39 Å². The minimum atomic E-state index is -0.253. The van der Waals surface area contributed by atoms with Crippen molar-refractivity contribution in [1.82, 2.24) is 5.32 Å². The van der Waals surface area contributed by atoms with Gasteiger partial charge in [0, 0.05) is 12.1 Å². The average molecular weight is 211 g/mol. The van der Waals surface area contributed by atoms with Crippen LogP contribution < -0.4 is 10.1 Å². The Hall–Kier alpha value is -1.09. The summed E-state index contributed by atoms with van der Waals surface area (Å²) in [5, 5.41) is 3.12. The molecule has 1 rings (SSSR count). The fourth-order valence-corrected chi connectivity index (χ4v) is 1.22. The van der Waals surface area contributed by atoms with Crippen molar-refractivity contribution >= 4 is 0 Å². The Labute approximate surface area is 90.4 Å². The summed E-state index contributed by atoms with van der Waals surface area (Å²) in [5.74, 6) is 0.385. The van der Waals surface area contributed by atoms with Gasteiger partial charge in [-0.25, -0.2) is 4.39 Å². The maximum atomic E-state index is 12.9. The smallest absolute Gasteiger partial charge is 0.126 e. The minimum absolute atomic E-state index is 0.253. The van der Waals surface area contributed by atoms with Gasteiger partial charge in [-0.05, 0) is 38.9 Å². The highest BCUT2D eigenvalue weighted by Gasteiger charge is 2.03. The Morgan fingerprint density at radius 3 is 2.87 bits per heavy atom. The first-order chi connectivity index (χ1) is 7.13. The molecule has 0 saturated heterocycles. The fourth-order valence-electron chi connectivity index (χ4n) is 1.22. The van der Waals surface area contributed by atoms with Gasteiger partial charge in [0.05, 0.1) is 6.61 Å². The van der Waals surface area contributed by atoms with E-state index in [1.54, 1.807) is 6.07 Å². The van der Waals surface area contributed by atoms with Crippen molar-refractivity contribution in [2.24, 2.45) is 0 Å². The molecule has 84 valence electrons. The molecule has 1 unspecified atom stereocenters. The Balaban J connectivity index is 2.46. The van der Waals surface area contributed by atoms with E-state index in [-0.39, 0.29) is 5.82 Å². The van der Waals surface area contributed by atoms with Crippen LogP contribution in [0.15, 0.2) is 18.2 Å². The van der Waals surface area contributed by atoms with Crippen molar-refractivity contribution in [2.45, 2.75) is 26.3 Å². The molecule has 1 aromatic rings. The molecule has 0 aliphatic heterocycles. The third kappa shape index (κ3) is 3.88. The van der Waals surface area contributed by atoms with Gasteiger partial charge in [-0.1, -0.05) is 6.07 Å². The Kier molecular flexibility index (Phi) is 4.56. The maximum absolute atomic E-state index is 12.9.